The molecule has 0 fully saturated rings. The maximum Gasteiger partial charge on any atom is 0.259 e. The molecule has 2 aromatic rings. The van der Waals surface area contributed by atoms with Crippen LogP contribution in [0.25, 0.3) is 0 Å². The van der Waals surface area contributed by atoms with Crippen molar-refractivity contribution in [2.24, 2.45) is 0 Å². The number of pyridine rings is 1. The summed E-state index contributed by atoms with van der Waals surface area (Å²) in [5.74, 6) is -0.190. The molecular weight excluding hydrogens is 274 g/mol. The number of amides is 1. The number of rotatable bonds is 3. The summed E-state index contributed by atoms with van der Waals surface area (Å²) >= 11 is 6.00. The van der Waals surface area contributed by atoms with E-state index < -0.39 is 0 Å². The first-order valence-electron chi connectivity index (χ1n) is 6.09. The predicted octanol–water partition coefficient (Wildman–Crippen LogP) is 3.27. The van der Waals surface area contributed by atoms with E-state index in [4.69, 9.17) is 16.9 Å². The molecule has 0 radical (unpaired) electrons. The SMILES string of the molecule is CCN(C(=O)c1ccncc1Cl)c1ccc(C#N)cc1. The lowest BCUT2D eigenvalue weighted by molar-refractivity contribution is 0.0988. The minimum absolute atomic E-state index is 0.190. The first-order valence-corrected chi connectivity index (χ1v) is 6.46. The first kappa shape index (κ1) is 14.0. The Balaban J connectivity index is 2.35. The van der Waals surface area contributed by atoms with E-state index in [9.17, 15) is 4.79 Å². The van der Waals surface area contributed by atoms with Crippen LogP contribution in [0.1, 0.15) is 22.8 Å². The number of halogens is 1. The predicted molar refractivity (Wildman–Crippen MR) is 77.8 cm³/mol. The van der Waals surface area contributed by atoms with Gasteiger partial charge in [0.1, 0.15) is 0 Å². The van der Waals surface area contributed by atoms with Crippen LogP contribution in [0.3, 0.4) is 0 Å². The molecule has 0 aliphatic heterocycles. The Labute approximate surface area is 122 Å². The molecule has 0 aliphatic rings. The van der Waals surface area contributed by atoms with Gasteiger partial charge in [0, 0.05) is 24.6 Å². The fourth-order valence-corrected chi connectivity index (χ4v) is 2.05. The van der Waals surface area contributed by atoms with Crippen molar-refractivity contribution in [3.05, 3.63) is 58.9 Å². The van der Waals surface area contributed by atoms with Gasteiger partial charge in [0.2, 0.25) is 0 Å². The van der Waals surface area contributed by atoms with Crippen molar-refractivity contribution in [2.75, 3.05) is 11.4 Å². The number of anilines is 1. The molecule has 5 heteroatoms. The smallest absolute Gasteiger partial charge is 0.259 e. The number of aromatic nitrogens is 1. The van der Waals surface area contributed by atoms with E-state index in [1.807, 2.05) is 13.0 Å². The number of hydrogen-bond acceptors (Lipinski definition) is 3. The van der Waals surface area contributed by atoms with Crippen LogP contribution < -0.4 is 4.90 Å². The minimum Gasteiger partial charge on any atom is -0.309 e. The quantitative estimate of drug-likeness (QED) is 0.869. The molecule has 1 heterocycles. The van der Waals surface area contributed by atoms with Gasteiger partial charge in [-0.1, -0.05) is 11.6 Å². The lowest BCUT2D eigenvalue weighted by Gasteiger charge is -2.21. The molecule has 20 heavy (non-hydrogen) atoms. The number of nitrogens with zero attached hydrogens (tertiary/aromatic N) is 3. The molecule has 0 bridgehead atoms. The summed E-state index contributed by atoms with van der Waals surface area (Å²) in [6.45, 7) is 2.38. The molecule has 100 valence electrons. The van der Waals surface area contributed by atoms with Gasteiger partial charge >= 0.3 is 0 Å². The van der Waals surface area contributed by atoms with E-state index in [-0.39, 0.29) is 5.91 Å². The second-order valence-electron chi connectivity index (χ2n) is 4.06. The average molecular weight is 286 g/mol. The summed E-state index contributed by atoms with van der Waals surface area (Å²) in [6.07, 6.45) is 2.98. The molecule has 1 aromatic heterocycles. The fraction of sp³-hybridized carbons (Fsp3) is 0.133. The van der Waals surface area contributed by atoms with Crippen molar-refractivity contribution in [3.63, 3.8) is 0 Å². The van der Waals surface area contributed by atoms with Gasteiger partial charge in [0.05, 0.1) is 22.2 Å². The van der Waals surface area contributed by atoms with Crippen LogP contribution in [0.5, 0.6) is 0 Å². The van der Waals surface area contributed by atoms with E-state index in [0.717, 1.165) is 5.69 Å². The number of carbonyl (C=O) groups is 1. The summed E-state index contributed by atoms with van der Waals surface area (Å²) in [5, 5.41) is 9.12. The standard InChI is InChI=1S/C15H12ClN3O/c1-2-19(12-5-3-11(9-17)4-6-12)15(20)13-7-8-18-10-14(13)16/h3-8,10H,2H2,1H3. The zero-order chi connectivity index (χ0) is 14.5. The second-order valence-corrected chi connectivity index (χ2v) is 4.47. The van der Waals surface area contributed by atoms with E-state index in [0.29, 0.717) is 22.7 Å². The Morgan fingerprint density at radius 3 is 2.60 bits per heavy atom. The van der Waals surface area contributed by atoms with Crippen LogP contribution in [0.2, 0.25) is 5.02 Å². The van der Waals surface area contributed by atoms with Crippen molar-refractivity contribution in [3.8, 4) is 6.07 Å². The first-order chi connectivity index (χ1) is 9.67. The van der Waals surface area contributed by atoms with Gasteiger partial charge in [0.25, 0.3) is 5.91 Å². The molecule has 0 N–H and O–H groups in total. The van der Waals surface area contributed by atoms with Crippen LogP contribution in [0, 0.1) is 11.3 Å². The number of hydrogen-bond donors (Lipinski definition) is 0. The third kappa shape index (κ3) is 2.79. The Morgan fingerprint density at radius 2 is 2.05 bits per heavy atom. The average Bonchev–Trinajstić information content (AvgIpc) is 2.49. The molecule has 0 aliphatic carbocycles. The number of carbonyl (C=O) groups excluding carboxylic acids is 1. The number of benzene rings is 1. The third-order valence-electron chi connectivity index (χ3n) is 2.87. The highest BCUT2D eigenvalue weighted by atomic mass is 35.5. The van der Waals surface area contributed by atoms with Crippen molar-refractivity contribution in [1.82, 2.24) is 4.98 Å². The van der Waals surface area contributed by atoms with Gasteiger partial charge < -0.3 is 4.90 Å². The third-order valence-corrected chi connectivity index (χ3v) is 3.17. The zero-order valence-corrected chi connectivity index (χ0v) is 11.6. The Hall–Kier alpha value is -2.38. The summed E-state index contributed by atoms with van der Waals surface area (Å²) in [6, 6.07) is 10.5. The van der Waals surface area contributed by atoms with Crippen LogP contribution in [-0.4, -0.2) is 17.4 Å². The molecule has 1 aromatic carbocycles. The van der Waals surface area contributed by atoms with Gasteiger partial charge in [0.15, 0.2) is 0 Å². The van der Waals surface area contributed by atoms with E-state index in [2.05, 4.69) is 4.98 Å². The largest absolute Gasteiger partial charge is 0.309 e. The monoisotopic (exact) mass is 285 g/mol. The van der Waals surface area contributed by atoms with Crippen molar-refractivity contribution < 1.29 is 4.79 Å². The molecule has 0 saturated heterocycles. The highest BCUT2D eigenvalue weighted by molar-refractivity contribution is 6.34. The lowest BCUT2D eigenvalue weighted by Crippen LogP contribution is -2.30. The zero-order valence-electron chi connectivity index (χ0n) is 10.9. The molecule has 0 spiro atoms. The Kier molecular flexibility index (Phi) is 4.34. The molecule has 1 amide bonds. The van der Waals surface area contributed by atoms with Gasteiger partial charge in [-0.15, -0.1) is 0 Å². The van der Waals surface area contributed by atoms with Crippen molar-refractivity contribution in [1.29, 1.82) is 5.26 Å². The molecular formula is C15H12ClN3O. The Morgan fingerprint density at radius 1 is 1.35 bits per heavy atom. The number of nitriles is 1. The van der Waals surface area contributed by atoms with E-state index >= 15 is 0 Å². The molecule has 0 saturated carbocycles. The van der Waals surface area contributed by atoms with Crippen LogP contribution in [0.15, 0.2) is 42.7 Å². The highest BCUT2D eigenvalue weighted by Crippen LogP contribution is 2.21. The highest BCUT2D eigenvalue weighted by Gasteiger charge is 2.18. The van der Waals surface area contributed by atoms with E-state index in [1.54, 1.807) is 35.2 Å². The summed E-state index contributed by atoms with van der Waals surface area (Å²) in [4.78, 5) is 18.0. The Bertz CT molecular complexity index is 662. The minimum atomic E-state index is -0.190. The summed E-state index contributed by atoms with van der Waals surface area (Å²) in [7, 11) is 0. The van der Waals surface area contributed by atoms with Crippen LogP contribution in [0.4, 0.5) is 5.69 Å². The van der Waals surface area contributed by atoms with Gasteiger partial charge in [-0.25, -0.2) is 0 Å². The maximum atomic E-state index is 12.5. The van der Waals surface area contributed by atoms with Crippen molar-refractivity contribution in [2.45, 2.75) is 6.92 Å². The lowest BCUT2D eigenvalue weighted by atomic mass is 10.1. The summed E-state index contributed by atoms with van der Waals surface area (Å²) < 4.78 is 0. The molecule has 0 atom stereocenters. The van der Waals surface area contributed by atoms with Gasteiger partial charge in [-0.05, 0) is 37.3 Å². The second kappa shape index (κ2) is 6.18. The van der Waals surface area contributed by atoms with Crippen LogP contribution >= 0.6 is 11.6 Å². The maximum absolute atomic E-state index is 12.5. The summed E-state index contributed by atoms with van der Waals surface area (Å²) in [5.41, 5.74) is 1.69. The van der Waals surface area contributed by atoms with Gasteiger partial charge in [-0.2, -0.15) is 5.26 Å². The van der Waals surface area contributed by atoms with Crippen molar-refractivity contribution >= 4 is 23.2 Å². The normalized spacial score (nSPS) is 9.85. The van der Waals surface area contributed by atoms with E-state index in [1.165, 1.54) is 12.4 Å². The molecule has 4 nitrogen and oxygen atoms in total. The van der Waals surface area contributed by atoms with Gasteiger partial charge in [-0.3, -0.25) is 9.78 Å². The topological polar surface area (TPSA) is 57.0 Å². The molecule has 0 unspecified atom stereocenters. The molecule has 2 rings (SSSR count). The fourth-order valence-electron chi connectivity index (χ4n) is 1.85. The van der Waals surface area contributed by atoms with Crippen LogP contribution in [-0.2, 0) is 0 Å².